The summed E-state index contributed by atoms with van der Waals surface area (Å²) in [4.78, 5) is 15.0. The van der Waals surface area contributed by atoms with Crippen LogP contribution < -0.4 is 5.32 Å². The molecule has 0 aliphatic heterocycles. The van der Waals surface area contributed by atoms with Gasteiger partial charge in [-0.2, -0.15) is 0 Å². The van der Waals surface area contributed by atoms with Crippen LogP contribution in [0.2, 0.25) is 5.02 Å². The first-order valence-corrected chi connectivity index (χ1v) is 9.66. The zero-order chi connectivity index (χ0) is 18.7. The van der Waals surface area contributed by atoms with E-state index in [1.807, 2.05) is 44.2 Å². The Hall–Kier alpha value is -1.84. The number of nitrogens with one attached hydrogen (secondary N) is 1. The third-order valence-corrected chi connectivity index (χ3v) is 5.45. The minimum Gasteiger partial charge on any atom is -0.323 e. The molecule has 138 valence electrons. The van der Waals surface area contributed by atoms with E-state index in [4.69, 9.17) is 11.6 Å². The molecule has 3 rings (SSSR count). The third-order valence-electron chi connectivity index (χ3n) is 5.15. The minimum atomic E-state index is -0.0118. The highest BCUT2D eigenvalue weighted by Gasteiger charge is 2.32. The summed E-state index contributed by atoms with van der Waals surface area (Å²) in [7, 11) is 0. The molecule has 26 heavy (non-hydrogen) atoms. The normalized spacial score (nSPS) is 15.1. The molecule has 2 aromatic carbocycles. The van der Waals surface area contributed by atoms with Gasteiger partial charge in [-0.15, -0.1) is 0 Å². The lowest BCUT2D eigenvalue weighted by molar-refractivity contribution is -0.118. The molecule has 1 fully saturated rings. The fourth-order valence-corrected chi connectivity index (χ4v) is 3.84. The highest BCUT2D eigenvalue weighted by atomic mass is 35.5. The van der Waals surface area contributed by atoms with Gasteiger partial charge in [-0.1, -0.05) is 48.0 Å². The van der Waals surface area contributed by atoms with E-state index in [1.165, 1.54) is 18.4 Å². The summed E-state index contributed by atoms with van der Waals surface area (Å²) in [6.45, 7) is 7.37. The van der Waals surface area contributed by atoms with E-state index in [-0.39, 0.29) is 5.91 Å². The summed E-state index contributed by atoms with van der Waals surface area (Å²) >= 11 is 6.34. The van der Waals surface area contributed by atoms with Crippen molar-refractivity contribution < 1.29 is 4.79 Å². The maximum absolute atomic E-state index is 12.7. The maximum Gasteiger partial charge on any atom is 0.238 e. The van der Waals surface area contributed by atoms with Gasteiger partial charge in [0.2, 0.25) is 5.91 Å². The second kappa shape index (κ2) is 8.24. The van der Waals surface area contributed by atoms with Gasteiger partial charge in [0.25, 0.3) is 0 Å². The monoisotopic (exact) mass is 370 g/mol. The predicted molar refractivity (Wildman–Crippen MR) is 109 cm³/mol. The second-order valence-corrected chi connectivity index (χ2v) is 7.86. The first kappa shape index (κ1) is 18.9. The topological polar surface area (TPSA) is 32.3 Å². The number of amides is 1. The third kappa shape index (κ3) is 4.87. The number of anilines is 1. The average Bonchev–Trinajstić information content (AvgIpc) is 3.43. The molecule has 2 aromatic rings. The first-order valence-electron chi connectivity index (χ1n) is 9.28. The van der Waals surface area contributed by atoms with Crippen LogP contribution in [0.15, 0.2) is 42.5 Å². The number of benzene rings is 2. The summed E-state index contributed by atoms with van der Waals surface area (Å²) < 4.78 is 0. The molecule has 0 heterocycles. The van der Waals surface area contributed by atoms with Gasteiger partial charge >= 0.3 is 0 Å². The fraction of sp³-hybridized carbons (Fsp3) is 0.409. The average molecular weight is 371 g/mol. The largest absolute Gasteiger partial charge is 0.323 e. The van der Waals surface area contributed by atoms with Crippen molar-refractivity contribution in [2.45, 2.75) is 46.2 Å². The van der Waals surface area contributed by atoms with Crippen molar-refractivity contribution in [1.29, 1.82) is 0 Å². The van der Waals surface area contributed by atoms with Crippen molar-refractivity contribution in [2.24, 2.45) is 5.92 Å². The molecule has 0 unspecified atom stereocenters. The first-order chi connectivity index (χ1) is 12.4. The summed E-state index contributed by atoms with van der Waals surface area (Å²) in [6.07, 6.45) is 2.52. The molecule has 1 saturated carbocycles. The van der Waals surface area contributed by atoms with Crippen molar-refractivity contribution in [3.8, 4) is 0 Å². The second-order valence-electron chi connectivity index (χ2n) is 7.46. The van der Waals surface area contributed by atoms with Crippen LogP contribution in [0.1, 0.15) is 36.5 Å². The standard InChI is InChI=1S/C22H27ClN2O/c1-15-11-16(2)22(20(23)12-15)24-21(26)14-25(17(3)19-9-10-19)13-18-7-5-4-6-8-18/h4-8,11-12,17,19H,9-10,13-14H2,1-3H3,(H,24,26)/t17-/m0/s1. The quantitative estimate of drug-likeness (QED) is 0.726. The van der Waals surface area contributed by atoms with Gasteiger partial charge in [-0.25, -0.2) is 0 Å². The van der Waals surface area contributed by atoms with E-state index in [2.05, 4.69) is 29.3 Å². The van der Waals surface area contributed by atoms with Crippen LogP contribution in [0.3, 0.4) is 0 Å². The Morgan fingerprint density at radius 3 is 2.54 bits per heavy atom. The van der Waals surface area contributed by atoms with Crippen molar-refractivity contribution in [2.75, 3.05) is 11.9 Å². The van der Waals surface area contributed by atoms with Crippen LogP contribution in [0.4, 0.5) is 5.69 Å². The molecule has 0 aromatic heterocycles. The van der Waals surface area contributed by atoms with Crippen LogP contribution in [0, 0.1) is 19.8 Å². The van der Waals surface area contributed by atoms with Gasteiger partial charge < -0.3 is 5.32 Å². The molecular formula is C22H27ClN2O. The molecule has 0 spiro atoms. The number of hydrogen-bond donors (Lipinski definition) is 1. The molecule has 0 radical (unpaired) electrons. The number of halogens is 1. The number of carbonyl (C=O) groups excluding carboxylic acids is 1. The molecule has 1 atom stereocenters. The smallest absolute Gasteiger partial charge is 0.238 e. The lowest BCUT2D eigenvalue weighted by Gasteiger charge is -2.29. The molecule has 3 nitrogen and oxygen atoms in total. The van der Waals surface area contributed by atoms with Crippen LogP contribution in [0.25, 0.3) is 0 Å². The minimum absolute atomic E-state index is 0.0118. The molecule has 4 heteroatoms. The number of aryl methyl sites for hydroxylation is 2. The van der Waals surface area contributed by atoms with Gasteiger partial charge in [0.05, 0.1) is 17.3 Å². The molecule has 1 N–H and O–H groups in total. The predicted octanol–water partition coefficient (Wildman–Crippen LogP) is 5.20. The molecular weight excluding hydrogens is 344 g/mol. The molecule has 0 saturated heterocycles. The number of rotatable bonds is 7. The van der Waals surface area contributed by atoms with E-state index in [0.717, 1.165) is 23.4 Å². The SMILES string of the molecule is Cc1cc(C)c(NC(=O)CN(Cc2ccccc2)[C@@H](C)C2CC2)c(Cl)c1. The van der Waals surface area contributed by atoms with Crippen LogP contribution in [0.5, 0.6) is 0 Å². The van der Waals surface area contributed by atoms with Crippen molar-refractivity contribution in [3.63, 3.8) is 0 Å². The van der Waals surface area contributed by atoms with Gasteiger partial charge in [0, 0.05) is 12.6 Å². The van der Waals surface area contributed by atoms with Crippen LogP contribution in [-0.4, -0.2) is 23.4 Å². The van der Waals surface area contributed by atoms with E-state index in [9.17, 15) is 4.79 Å². The Morgan fingerprint density at radius 2 is 1.92 bits per heavy atom. The van der Waals surface area contributed by atoms with Crippen LogP contribution in [-0.2, 0) is 11.3 Å². The Labute approximate surface area is 161 Å². The van der Waals surface area contributed by atoms with Gasteiger partial charge in [-0.05, 0) is 62.3 Å². The lowest BCUT2D eigenvalue weighted by atomic mass is 10.1. The van der Waals surface area contributed by atoms with E-state index in [1.54, 1.807) is 0 Å². The summed E-state index contributed by atoms with van der Waals surface area (Å²) in [6, 6.07) is 14.7. The fourth-order valence-electron chi connectivity index (χ4n) is 3.48. The highest BCUT2D eigenvalue weighted by Crippen LogP contribution is 2.35. The summed E-state index contributed by atoms with van der Waals surface area (Å²) in [5.74, 6) is 0.693. The summed E-state index contributed by atoms with van der Waals surface area (Å²) in [5.41, 5.74) is 4.05. The Balaban J connectivity index is 1.71. The molecule has 0 bridgehead atoms. The van der Waals surface area contributed by atoms with E-state index in [0.29, 0.717) is 23.5 Å². The lowest BCUT2D eigenvalue weighted by Crippen LogP contribution is -2.40. The van der Waals surface area contributed by atoms with Crippen molar-refractivity contribution in [3.05, 3.63) is 64.2 Å². The van der Waals surface area contributed by atoms with E-state index >= 15 is 0 Å². The zero-order valence-electron chi connectivity index (χ0n) is 15.8. The highest BCUT2D eigenvalue weighted by molar-refractivity contribution is 6.34. The number of carbonyl (C=O) groups is 1. The van der Waals surface area contributed by atoms with Crippen molar-refractivity contribution >= 4 is 23.2 Å². The molecule has 1 aliphatic rings. The van der Waals surface area contributed by atoms with Gasteiger partial charge in [0.1, 0.15) is 0 Å². The Bertz CT molecular complexity index is 748. The summed E-state index contributed by atoms with van der Waals surface area (Å²) in [5, 5.41) is 3.62. The van der Waals surface area contributed by atoms with Gasteiger partial charge in [0.15, 0.2) is 0 Å². The number of hydrogen-bond acceptors (Lipinski definition) is 2. The van der Waals surface area contributed by atoms with Crippen LogP contribution >= 0.6 is 11.6 Å². The van der Waals surface area contributed by atoms with E-state index < -0.39 is 0 Å². The maximum atomic E-state index is 12.7. The van der Waals surface area contributed by atoms with Crippen molar-refractivity contribution in [1.82, 2.24) is 4.90 Å². The van der Waals surface area contributed by atoms with Gasteiger partial charge in [-0.3, -0.25) is 9.69 Å². The molecule has 1 amide bonds. The Morgan fingerprint density at radius 1 is 1.23 bits per heavy atom. The Kier molecular flexibility index (Phi) is 6.00. The zero-order valence-corrected chi connectivity index (χ0v) is 16.5. The number of nitrogens with zero attached hydrogens (tertiary/aromatic N) is 1. The molecule has 1 aliphatic carbocycles.